The quantitative estimate of drug-likeness (QED) is 0.631. The molecule has 25 heavy (non-hydrogen) atoms. The molecule has 5 nitrogen and oxygen atoms in total. The van der Waals surface area contributed by atoms with Crippen LogP contribution in [0.4, 0.5) is 17.6 Å². The Bertz CT molecular complexity index is 916. The predicted octanol–water partition coefficient (Wildman–Crippen LogP) is 4.55. The van der Waals surface area contributed by atoms with E-state index in [0.29, 0.717) is 5.56 Å². The maximum atomic E-state index is 13.5. The van der Waals surface area contributed by atoms with Crippen molar-refractivity contribution in [2.45, 2.75) is 25.9 Å². The standard InChI is InChI=1S/C15H11ClF4N4O/c1-14(2,17)25-9-5-3-8(4-6-9)10-7-24-12(11(16)21-10)22-23-13(24)15(18,19)20/h3-7H,1-2H3. The molecule has 1 aromatic carbocycles. The van der Waals surface area contributed by atoms with Gasteiger partial charge < -0.3 is 4.74 Å². The van der Waals surface area contributed by atoms with Crippen LogP contribution in [-0.2, 0) is 6.18 Å². The smallest absolute Gasteiger partial charge is 0.452 e. The van der Waals surface area contributed by atoms with Crippen molar-refractivity contribution >= 4 is 17.2 Å². The van der Waals surface area contributed by atoms with Crippen LogP contribution in [0.15, 0.2) is 30.5 Å². The molecule has 0 aliphatic rings. The van der Waals surface area contributed by atoms with E-state index >= 15 is 0 Å². The molecular formula is C15H11ClF4N4O. The summed E-state index contributed by atoms with van der Waals surface area (Å²) in [7, 11) is 0. The van der Waals surface area contributed by atoms with Gasteiger partial charge in [-0.3, -0.25) is 4.40 Å². The van der Waals surface area contributed by atoms with Gasteiger partial charge in [0.25, 0.3) is 0 Å². The van der Waals surface area contributed by atoms with Crippen LogP contribution < -0.4 is 4.74 Å². The summed E-state index contributed by atoms with van der Waals surface area (Å²) >= 11 is 5.92. The lowest BCUT2D eigenvalue weighted by atomic mass is 10.1. The second-order valence-corrected chi connectivity index (χ2v) is 5.98. The average Bonchev–Trinajstić information content (AvgIpc) is 2.91. The fraction of sp³-hybridized carbons (Fsp3) is 0.267. The molecule has 0 fully saturated rings. The van der Waals surface area contributed by atoms with E-state index in [1.165, 1.54) is 38.1 Å². The zero-order valence-electron chi connectivity index (χ0n) is 13.0. The Hall–Kier alpha value is -2.42. The third-order valence-corrected chi connectivity index (χ3v) is 3.37. The summed E-state index contributed by atoms with van der Waals surface area (Å²) in [4.78, 5) is 4.03. The molecule has 0 saturated heterocycles. The molecule has 0 saturated carbocycles. The number of halogens is 5. The van der Waals surface area contributed by atoms with E-state index in [1.54, 1.807) is 0 Å². The maximum Gasteiger partial charge on any atom is 0.452 e. The summed E-state index contributed by atoms with van der Waals surface area (Å²) in [5.41, 5.74) is 0.445. The van der Waals surface area contributed by atoms with Crippen molar-refractivity contribution in [3.63, 3.8) is 0 Å². The van der Waals surface area contributed by atoms with Gasteiger partial charge in [0.15, 0.2) is 10.8 Å². The number of rotatable bonds is 3. The van der Waals surface area contributed by atoms with Crippen molar-refractivity contribution in [1.29, 1.82) is 0 Å². The Morgan fingerprint density at radius 3 is 2.24 bits per heavy atom. The second kappa shape index (κ2) is 5.83. The van der Waals surface area contributed by atoms with Crippen LogP contribution in [0.2, 0.25) is 5.15 Å². The highest BCUT2D eigenvalue weighted by Crippen LogP contribution is 2.31. The molecule has 3 rings (SSSR count). The second-order valence-electron chi connectivity index (χ2n) is 5.62. The number of alkyl halides is 4. The molecule has 2 aromatic heterocycles. The predicted molar refractivity (Wildman–Crippen MR) is 82.0 cm³/mol. The van der Waals surface area contributed by atoms with E-state index in [0.717, 1.165) is 10.6 Å². The molecule has 0 radical (unpaired) electrons. The lowest BCUT2D eigenvalue weighted by Gasteiger charge is -2.17. The van der Waals surface area contributed by atoms with Gasteiger partial charge in [0.2, 0.25) is 11.7 Å². The molecule has 0 spiro atoms. The monoisotopic (exact) mass is 374 g/mol. The minimum Gasteiger partial charge on any atom is -0.459 e. The van der Waals surface area contributed by atoms with Crippen LogP contribution >= 0.6 is 11.6 Å². The normalized spacial score (nSPS) is 12.6. The molecule has 0 N–H and O–H groups in total. The van der Waals surface area contributed by atoms with Gasteiger partial charge in [-0.2, -0.15) is 17.6 Å². The van der Waals surface area contributed by atoms with Crippen molar-refractivity contribution in [2.24, 2.45) is 0 Å². The zero-order valence-corrected chi connectivity index (χ0v) is 13.7. The summed E-state index contributed by atoms with van der Waals surface area (Å²) < 4.78 is 58.2. The Morgan fingerprint density at radius 2 is 1.68 bits per heavy atom. The largest absolute Gasteiger partial charge is 0.459 e. The Balaban J connectivity index is 2.04. The van der Waals surface area contributed by atoms with Gasteiger partial charge in [0, 0.05) is 25.6 Å². The molecule has 2 heterocycles. The number of hydrogen-bond acceptors (Lipinski definition) is 4. The first-order valence-electron chi connectivity index (χ1n) is 7.01. The van der Waals surface area contributed by atoms with Crippen LogP contribution in [0.1, 0.15) is 19.7 Å². The topological polar surface area (TPSA) is 52.3 Å². The van der Waals surface area contributed by atoms with E-state index in [9.17, 15) is 17.6 Å². The molecule has 10 heteroatoms. The van der Waals surface area contributed by atoms with Gasteiger partial charge >= 0.3 is 6.18 Å². The Kier molecular flexibility index (Phi) is 4.06. The van der Waals surface area contributed by atoms with Crippen molar-refractivity contribution in [3.05, 3.63) is 41.4 Å². The first-order valence-corrected chi connectivity index (χ1v) is 7.39. The summed E-state index contributed by atoms with van der Waals surface area (Å²) in [5.74, 6) is -2.79. The van der Waals surface area contributed by atoms with E-state index in [4.69, 9.17) is 16.3 Å². The van der Waals surface area contributed by atoms with Crippen molar-refractivity contribution in [1.82, 2.24) is 19.6 Å². The van der Waals surface area contributed by atoms with E-state index < -0.39 is 17.9 Å². The fourth-order valence-electron chi connectivity index (χ4n) is 2.17. The summed E-state index contributed by atoms with van der Waals surface area (Å²) in [6, 6.07) is 6.02. The lowest BCUT2D eigenvalue weighted by Crippen LogP contribution is -2.20. The van der Waals surface area contributed by atoms with E-state index in [1.807, 2.05) is 0 Å². The van der Waals surface area contributed by atoms with Crippen molar-refractivity contribution < 1.29 is 22.3 Å². The van der Waals surface area contributed by atoms with Gasteiger partial charge in [-0.15, -0.1) is 10.2 Å². The van der Waals surface area contributed by atoms with Crippen LogP contribution in [0, 0.1) is 0 Å². The molecule has 0 aliphatic heterocycles. The van der Waals surface area contributed by atoms with E-state index in [-0.39, 0.29) is 22.2 Å². The third-order valence-electron chi connectivity index (χ3n) is 3.11. The van der Waals surface area contributed by atoms with Crippen molar-refractivity contribution in [2.75, 3.05) is 0 Å². The fourth-order valence-corrected chi connectivity index (χ4v) is 2.39. The SMILES string of the molecule is CC(C)(F)Oc1ccc(-c2cn3c(C(F)(F)F)nnc3c(Cl)n2)cc1. The zero-order chi connectivity index (χ0) is 18.4. The van der Waals surface area contributed by atoms with Gasteiger partial charge in [0.05, 0.1) is 5.69 Å². The third kappa shape index (κ3) is 3.65. The summed E-state index contributed by atoms with van der Waals surface area (Å²) in [6.07, 6.45) is -3.55. The number of nitrogens with zero attached hydrogens (tertiary/aromatic N) is 4. The van der Waals surface area contributed by atoms with Gasteiger partial charge in [0.1, 0.15) is 5.75 Å². The maximum absolute atomic E-state index is 13.5. The molecule has 132 valence electrons. The number of aromatic nitrogens is 4. The number of ether oxygens (including phenoxy) is 1. The van der Waals surface area contributed by atoms with Crippen LogP contribution in [0.25, 0.3) is 16.9 Å². The first kappa shape index (κ1) is 17.4. The average molecular weight is 375 g/mol. The van der Waals surface area contributed by atoms with Crippen LogP contribution in [-0.4, -0.2) is 25.4 Å². The molecule has 3 aromatic rings. The molecule has 0 bridgehead atoms. The number of hydrogen-bond donors (Lipinski definition) is 0. The highest BCUT2D eigenvalue weighted by Gasteiger charge is 2.37. The first-order chi connectivity index (χ1) is 11.5. The van der Waals surface area contributed by atoms with Crippen molar-refractivity contribution in [3.8, 4) is 17.0 Å². The summed E-state index contributed by atoms with van der Waals surface area (Å²) in [5, 5.41) is 6.31. The number of fused-ring (bicyclic) bond motifs is 1. The van der Waals surface area contributed by atoms with Gasteiger partial charge in [-0.1, -0.05) is 11.6 Å². The molecule has 0 unspecified atom stereocenters. The minimum atomic E-state index is -4.69. The van der Waals surface area contributed by atoms with Crippen LogP contribution in [0.3, 0.4) is 0 Å². The Labute approximate surface area is 144 Å². The van der Waals surface area contributed by atoms with E-state index in [2.05, 4.69) is 15.2 Å². The highest BCUT2D eigenvalue weighted by atomic mass is 35.5. The summed E-state index contributed by atoms with van der Waals surface area (Å²) in [6.45, 7) is 2.50. The van der Waals surface area contributed by atoms with Gasteiger partial charge in [-0.25, -0.2) is 4.98 Å². The molecular weight excluding hydrogens is 364 g/mol. The molecule has 0 amide bonds. The molecule has 0 aliphatic carbocycles. The highest BCUT2D eigenvalue weighted by molar-refractivity contribution is 6.32. The molecule has 0 atom stereocenters. The van der Waals surface area contributed by atoms with Crippen LogP contribution in [0.5, 0.6) is 5.75 Å². The minimum absolute atomic E-state index is 0.175. The lowest BCUT2D eigenvalue weighted by molar-refractivity contribution is -0.145. The van der Waals surface area contributed by atoms with Gasteiger partial charge in [-0.05, 0) is 24.3 Å². The Morgan fingerprint density at radius 1 is 1.04 bits per heavy atom. The number of benzene rings is 1.